The number of aryl methyl sites for hydroxylation is 1. The van der Waals surface area contributed by atoms with Crippen LogP contribution in [0.4, 0.5) is 5.69 Å². The fraction of sp³-hybridized carbons (Fsp3) is 0.261. The molecule has 2 heterocycles. The summed E-state index contributed by atoms with van der Waals surface area (Å²) in [5.74, 6) is 0.0399. The average Bonchev–Trinajstić information content (AvgIpc) is 3.18. The summed E-state index contributed by atoms with van der Waals surface area (Å²) in [6.45, 7) is 3.16. The molecule has 0 radical (unpaired) electrons. The number of piperidine rings is 1. The number of amides is 2. The summed E-state index contributed by atoms with van der Waals surface area (Å²) in [5, 5.41) is 7.23. The second-order valence-electron chi connectivity index (χ2n) is 7.29. The number of carbonyl (C=O) groups is 2. The zero-order chi connectivity index (χ0) is 20.2. The predicted molar refractivity (Wildman–Crippen MR) is 112 cm³/mol. The first-order valence-electron chi connectivity index (χ1n) is 9.90. The van der Waals surface area contributed by atoms with Crippen LogP contribution >= 0.6 is 0 Å². The van der Waals surface area contributed by atoms with Crippen molar-refractivity contribution in [2.24, 2.45) is 0 Å². The molecular formula is C23H24N4O2. The first-order valence-corrected chi connectivity index (χ1v) is 9.90. The summed E-state index contributed by atoms with van der Waals surface area (Å²) in [5.41, 5.74) is 4.43. The fourth-order valence-electron chi connectivity index (χ4n) is 3.59. The van der Waals surface area contributed by atoms with Gasteiger partial charge in [-0.05, 0) is 67.8 Å². The van der Waals surface area contributed by atoms with E-state index < -0.39 is 0 Å². The molecule has 1 N–H and O–H groups in total. The van der Waals surface area contributed by atoms with Crippen molar-refractivity contribution >= 4 is 17.5 Å². The van der Waals surface area contributed by atoms with Crippen LogP contribution in [0.15, 0.2) is 60.8 Å². The number of hydrogen-bond acceptors (Lipinski definition) is 3. The summed E-state index contributed by atoms with van der Waals surface area (Å²) >= 11 is 0. The maximum Gasteiger partial charge on any atom is 0.251 e. The maximum absolute atomic E-state index is 12.5. The molecule has 6 heteroatoms. The molecular weight excluding hydrogens is 364 g/mol. The van der Waals surface area contributed by atoms with Crippen molar-refractivity contribution in [2.45, 2.75) is 32.7 Å². The molecule has 0 aliphatic carbocycles. The summed E-state index contributed by atoms with van der Waals surface area (Å²) in [6, 6.07) is 17.1. The highest BCUT2D eigenvalue weighted by Crippen LogP contribution is 2.22. The number of benzene rings is 2. The molecule has 148 valence electrons. The van der Waals surface area contributed by atoms with Gasteiger partial charge in [-0.25, -0.2) is 4.68 Å². The van der Waals surface area contributed by atoms with Gasteiger partial charge in [0.05, 0.1) is 5.69 Å². The van der Waals surface area contributed by atoms with Gasteiger partial charge in [-0.1, -0.05) is 12.1 Å². The topological polar surface area (TPSA) is 67.2 Å². The molecule has 2 aromatic carbocycles. The van der Waals surface area contributed by atoms with Crippen LogP contribution in [0.1, 0.15) is 40.9 Å². The Morgan fingerprint density at radius 3 is 2.62 bits per heavy atom. The molecule has 1 aliphatic rings. The van der Waals surface area contributed by atoms with Crippen molar-refractivity contribution in [3.05, 3.63) is 77.6 Å². The Kier molecular flexibility index (Phi) is 5.42. The lowest BCUT2D eigenvalue weighted by atomic mass is 10.1. The molecule has 29 heavy (non-hydrogen) atoms. The Bertz CT molecular complexity index is 1020. The molecule has 1 aliphatic heterocycles. The lowest BCUT2D eigenvalue weighted by Gasteiger charge is -2.27. The summed E-state index contributed by atoms with van der Waals surface area (Å²) < 4.78 is 1.83. The van der Waals surface area contributed by atoms with Crippen LogP contribution in [0, 0.1) is 6.92 Å². The van der Waals surface area contributed by atoms with Gasteiger partial charge in [0.15, 0.2) is 0 Å². The van der Waals surface area contributed by atoms with E-state index in [1.54, 1.807) is 18.3 Å². The lowest BCUT2D eigenvalue weighted by Crippen LogP contribution is -2.35. The number of rotatable bonds is 5. The molecule has 0 spiro atoms. The fourth-order valence-corrected chi connectivity index (χ4v) is 3.59. The van der Waals surface area contributed by atoms with Crippen LogP contribution in [-0.4, -0.2) is 28.1 Å². The summed E-state index contributed by atoms with van der Waals surface area (Å²) in [7, 11) is 0. The van der Waals surface area contributed by atoms with E-state index in [9.17, 15) is 9.59 Å². The largest absolute Gasteiger partial charge is 0.348 e. The number of carbonyl (C=O) groups excluding carboxylic acids is 2. The van der Waals surface area contributed by atoms with E-state index in [-0.39, 0.29) is 11.8 Å². The van der Waals surface area contributed by atoms with Crippen molar-refractivity contribution in [3.8, 4) is 5.69 Å². The van der Waals surface area contributed by atoms with Gasteiger partial charge in [0.2, 0.25) is 5.91 Å². The molecule has 0 bridgehead atoms. The second kappa shape index (κ2) is 8.31. The normalized spacial score (nSPS) is 14.1. The molecule has 1 saturated heterocycles. The standard InChI is InChI=1S/C23H24N4O2/c1-17-12-13-25-27(17)20-10-8-19(9-11-20)23(29)24-16-18-5-4-6-21(15-18)26-14-3-2-7-22(26)28/h4-6,8-13,15H,2-3,7,14,16H2,1H3,(H,24,29). The maximum atomic E-state index is 12.5. The van der Waals surface area contributed by atoms with E-state index in [2.05, 4.69) is 10.4 Å². The molecule has 0 atom stereocenters. The number of aromatic nitrogens is 2. The van der Waals surface area contributed by atoms with Crippen molar-refractivity contribution in [2.75, 3.05) is 11.4 Å². The van der Waals surface area contributed by atoms with E-state index in [4.69, 9.17) is 0 Å². The van der Waals surface area contributed by atoms with E-state index >= 15 is 0 Å². The van der Waals surface area contributed by atoms with Gasteiger partial charge < -0.3 is 10.2 Å². The van der Waals surface area contributed by atoms with Gasteiger partial charge in [0.1, 0.15) is 0 Å². The minimum Gasteiger partial charge on any atom is -0.348 e. The quantitative estimate of drug-likeness (QED) is 0.726. The van der Waals surface area contributed by atoms with Crippen LogP contribution in [0.2, 0.25) is 0 Å². The SMILES string of the molecule is Cc1ccnn1-c1ccc(C(=O)NCc2cccc(N3CCCCC3=O)c2)cc1. The van der Waals surface area contributed by atoms with Gasteiger partial charge in [0.25, 0.3) is 5.91 Å². The molecule has 4 rings (SSSR count). The molecule has 2 amide bonds. The van der Waals surface area contributed by atoms with Crippen LogP contribution in [0.25, 0.3) is 5.69 Å². The first-order chi connectivity index (χ1) is 14.1. The van der Waals surface area contributed by atoms with Gasteiger partial charge in [-0.15, -0.1) is 0 Å². The first kappa shape index (κ1) is 18.9. The number of nitrogens with one attached hydrogen (secondary N) is 1. The zero-order valence-corrected chi connectivity index (χ0v) is 16.5. The second-order valence-corrected chi connectivity index (χ2v) is 7.29. The van der Waals surface area contributed by atoms with Crippen molar-refractivity contribution < 1.29 is 9.59 Å². The Hall–Kier alpha value is -3.41. The van der Waals surface area contributed by atoms with Crippen LogP contribution in [-0.2, 0) is 11.3 Å². The third kappa shape index (κ3) is 4.21. The summed E-state index contributed by atoms with van der Waals surface area (Å²) in [6.07, 6.45) is 4.35. The van der Waals surface area contributed by atoms with E-state index in [1.807, 2.05) is 59.0 Å². The Morgan fingerprint density at radius 2 is 1.90 bits per heavy atom. The van der Waals surface area contributed by atoms with E-state index in [1.165, 1.54) is 0 Å². The number of nitrogens with zero attached hydrogens (tertiary/aromatic N) is 3. The Balaban J connectivity index is 1.40. The van der Waals surface area contributed by atoms with E-state index in [0.717, 1.165) is 42.0 Å². The molecule has 1 aromatic heterocycles. The predicted octanol–water partition coefficient (Wildman–Crippen LogP) is 3.63. The van der Waals surface area contributed by atoms with Crippen molar-refractivity contribution in [1.82, 2.24) is 15.1 Å². The minimum absolute atomic E-state index is 0.131. The third-order valence-electron chi connectivity index (χ3n) is 5.20. The van der Waals surface area contributed by atoms with Crippen molar-refractivity contribution in [3.63, 3.8) is 0 Å². The molecule has 3 aromatic rings. The minimum atomic E-state index is -0.131. The number of anilines is 1. The molecule has 6 nitrogen and oxygen atoms in total. The van der Waals surface area contributed by atoms with E-state index in [0.29, 0.717) is 18.5 Å². The van der Waals surface area contributed by atoms with Crippen LogP contribution in [0.5, 0.6) is 0 Å². The highest BCUT2D eigenvalue weighted by Gasteiger charge is 2.19. The van der Waals surface area contributed by atoms with Gasteiger partial charge in [-0.3, -0.25) is 9.59 Å². The summed E-state index contributed by atoms with van der Waals surface area (Å²) in [4.78, 5) is 26.5. The van der Waals surface area contributed by atoms with Crippen molar-refractivity contribution in [1.29, 1.82) is 0 Å². The molecule has 0 saturated carbocycles. The lowest BCUT2D eigenvalue weighted by molar-refractivity contribution is -0.119. The molecule has 1 fully saturated rings. The highest BCUT2D eigenvalue weighted by molar-refractivity contribution is 5.95. The molecule has 0 unspecified atom stereocenters. The number of hydrogen-bond donors (Lipinski definition) is 1. The Labute approximate surface area is 170 Å². The highest BCUT2D eigenvalue weighted by atomic mass is 16.2. The van der Waals surface area contributed by atoms with Crippen LogP contribution < -0.4 is 10.2 Å². The zero-order valence-electron chi connectivity index (χ0n) is 16.5. The average molecular weight is 388 g/mol. The monoisotopic (exact) mass is 388 g/mol. The van der Waals surface area contributed by atoms with Gasteiger partial charge in [-0.2, -0.15) is 5.10 Å². The smallest absolute Gasteiger partial charge is 0.251 e. The van der Waals surface area contributed by atoms with Crippen LogP contribution in [0.3, 0.4) is 0 Å². The Morgan fingerprint density at radius 1 is 1.07 bits per heavy atom. The van der Waals surface area contributed by atoms with Gasteiger partial charge >= 0.3 is 0 Å². The third-order valence-corrected chi connectivity index (χ3v) is 5.20. The van der Waals surface area contributed by atoms with Gasteiger partial charge in [0, 0.05) is 42.7 Å².